The Morgan fingerprint density at radius 2 is 2.25 bits per heavy atom. The van der Waals surface area contributed by atoms with Crippen molar-refractivity contribution in [2.75, 3.05) is 13.7 Å². The molecule has 1 aromatic carbocycles. The molecule has 0 aliphatic rings. The van der Waals surface area contributed by atoms with Gasteiger partial charge in [-0.15, -0.1) is 0 Å². The van der Waals surface area contributed by atoms with Gasteiger partial charge in [0.1, 0.15) is 11.8 Å². The smallest absolute Gasteiger partial charge is 0.143 e. The molecule has 0 aliphatic heterocycles. The van der Waals surface area contributed by atoms with Crippen LogP contribution in [0.15, 0.2) is 34.9 Å². The number of aliphatic hydroxyl groups excluding tert-OH is 1. The Morgan fingerprint density at radius 1 is 1.44 bits per heavy atom. The zero-order valence-corrected chi connectivity index (χ0v) is 8.98. The summed E-state index contributed by atoms with van der Waals surface area (Å²) >= 11 is 0. The zero-order valence-electron chi connectivity index (χ0n) is 8.98. The Labute approximate surface area is 92.9 Å². The minimum Gasteiger partial charge on any atom is -0.464 e. The minimum absolute atomic E-state index is 0.235. The van der Waals surface area contributed by atoms with Crippen molar-refractivity contribution in [2.45, 2.75) is 12.2 Å². The molecule has 0 amide bonds. The van der Waals surface area contributed by atoms with Gasteiger partial charge < -0.3 is 14.8 Å². The van der Waals surface area contributed by atoms with E-state index in [0.29, 0.717) is 5.56 Å². The van der Waals surface area contributed by atoms with E-state index in [4.69, 9.17) is 9.52 Å². The van der Waals surface area contributed by atoms with Crippen LogP contribution < -0.4 is 5.32 Å². The van der Waals surface area contributed by atoms with Crippen molar-refractivity contribution in [1.29, 1.82) is 0 Å². The lowest BCUT2D eigenvalue weighted by Gasteiger charge is -2.18. The van der Waals surface area contributed by atoms with Crippen LogP contribution in [0.3, 0.4) is 0 Å². The highest BCUT2D eigenvalue weighted by atomic mass is 19.1. The predicted octanol–water partition coefficient (Wildman–Crippen LogP) is 2.02. The van der Waals surface area contributed by atoms with E-state index >= 15 is 0 Å². The Kier molecular flexibility index (Phi) is 3.22. The molecule has 0 saturated heterocycles. The summed E-state index contributed by atoms with van der Waals surface area (Å²) in [6.45, 7) is -0.235. The maximum Gasteiger partial charge on any atom is 0.143 e. The monoisotopic (exact) mass is 223 g/mol. The first kappa shape index (κ1) is 11.1. The molecule has 1 aromatic heterocycles. The van der Waals surface area contributed by atoms with E-state index in [0.717, 1.165) is 11.0 Å². The van der Waals surface area contributed by atoms with Crippen molar-refractivity contribution in [3.63, 3.8) is 0 Å². The number of fused-ring (bicyclic) bond motifs is 1. The summed E-state index contributed by atoms with van der Waals surface area (Å²) in [6, 6.07) is 6.37. The van der Waals surface area contributed by atoms with E-state index in [1.807, 2.05) is 0 Å². The number of likely N-dealkylation sites (N-methyl/N-ethyl adjacent to an activating group) is 1. The molecule has 0 aliphatic carbocycles. The number of alkyl halides is 1. The van der Waals surface area contributed by atoms with Crippen LogP contribution in [0.2, 0.25) is 0 Å². The molecular weight excluding hydrogens is 209 g/mol. The van der Waals surface area contributed by atoms with Crippen molar-refractivity contribution in [3.8, 4) is 0 Å². The molecule has 2 atom stereocenters. The van der Waals surface area contributed by atoms with Gasteiger partial charge in [-0.25, -0.2) is 4.39 Å². The quantitative estimate of drug-likeness (QED) is 0.833. The van der Waals surface area contributed by atoms with Gasteiger partial charge in [0.25, 0.3) is 0 Å². The van der Waals surface area contributed by atoms with E-state index in [9.17, 15) is 4.39 Å². The second-order valence-corrected chi connectivity index (χ2v) is 3.70. The lowest BCUT2D eigenvalue weighted by atomic mass is 10.0. The first-order chi connectivity index (χ1) is 7.76. The number of benzene rings is 1. The second kappa shape index (κ2) is 4.63. The molecule has 0 saturated carbocycles. The van der Waals surface area contributed by atoms with E-state index < -0.39 is 12.2 Å². The standard InChI is InChI=1S/C12H14FNO2/c1-14-10(7-15)12(13)9-2-3-11-8(6-9)4-5-16-11/h2-6,10,12,14-15H,7H2,1H3. The summed E-state index contributed by atoms with van der Waals surface area (Å²) in [5.74, 6) is 0. The number of nitrogens with one attached hydrogen (secondary N) is 1. The van der Waals surface area contributed by atoms with Crippen molar-refractivity contribution < 1.29 is 13.9 Å². The number of rotatable bonds is 4. The van der Waals surface area contributed by atoms with Crippen LogP contribution in [0.25, 0.3) is 11.0 Å². The van der Waals surface area contributed by atoms with Crippen molar-refractivity contribution in [2.24, 2.45) is 0 Å². The lowest BCUT2D eigenvalue weighted by Crippen LogP contribution is -2.33. The zero-order chi connectivity index (χ0) is 11.5. The molecule has 86 valence electrons. The lowest BCUT2D eigenvalue weighted by molar-refractivity contribution is 0.170. The third-order valence-electron chi connectivity index (χ3n) is 2.72. The van der Waals surface area contributed by atoms with E-state index in [1.165, 1.54) is 0 Å². The highest BCUT2D eigenvalue weighted by Crippen LogP contribution is 2.25. The summed E-state index contributed by atoms with van der Waals surface area (Å²) in [6.07, 6.45) is 0.345. The molecule has 0 spiro atoms. The average Bonchev–Trinajstić information content (AvgIpc) is 2.77. The van der Waals surface area contributed by atoms with Gasteiger partial charge in [0.05, 0.1) is 18.9 Å². The number of aliphatic hydroxyl groups is 1. The summed E-state index contributed by atoms with van der Waals surface area (Å²) in [4.78, 5) is 0. The maximum atomic E-state index is 14.0. The molecule has 2 rings (SSSR count). The first-order valence-corrected chi connectivity index (χ1v) is 5.15. The normalized spacial score (nSPS) is 15.2. The SMILES string of the molecule is CNC(CO)C(F)c1ccc2occc2c1. The number of hydrogen-bond donors (Lipinski definition) is 2. The van der Waals surface area contributed by atoms with Crippen LogP contribution in [0.5, 0.6) is 0 Å². The second-order valence-electron chi connectivity index (χ2n) is 3.70. The van der Waals surface area contributed by atoms with Crippen LogP contribution in [0.4, 0.5) is 4.39 Å². The number of halogens is 1. The van der Waals surface area contributed by atoms with E-state index in [-0.39, 0.29) is 6.61 Å². The van der Waals surface area contributed by atoms with Gasteiger partial charge >= 0.3 is 0 Å². The molecule has 3 nitrogen and oxygen atoms in total. The molecule has 16 heavy (non-hydrogen) atoms. The van der Waals surface area contributed by atoms with Gasteiger partial charge in [0, 0.05) is 5.39 Å². The molecule has 1 heterocycles. The fraction of sp³-hybridized carbons (Fsp3) is 0.333. The molecule has 2 unspecified atom stereocenters. The van der Waals surface area contributed by atoms with E-state index in [2.05, 4.69) is 5.32 Å². The largest absolute Gasteiger partial charge is 0.464 e. The van der Waals surface area contributed by atoms with Crippen LogP contribution in [-0.2, 0) is 0 Å². The number of furan rings is 1. The van der Waals surface area contributed by atoms with Crippen molar-refractivity contribution in [3.05, 3.63) is 36.1 Å². The first-order valence-electron chi connectivity index (χ1n) is 5.15. The summed E-state index contributed by atoms with van der Waals surface area (Å²) in [7, 11) is 1.63. The highest BCUT2D eigenvalue weighted by molar-refractivity contribution is 5.77. The third kappa shape index (κ3) is 1.94. The predicted molar refractivity (Wildman–Crippen MR) is 60.0 cm³/mol. The molecule has 0 radical (unpaired) electrons. The minimum atomic E-state index is -1.23. The van der Waals surface area contributed by atoms with Gasteiger partial charge in [-0.3, -0.25) is 0 Å². The van der Waals surface area contributed by atoms with Gasteiger partial charge in [-0.1, -0.05) is 6.07 Å². The summed E-state index contributed by atoms with van der Waals surface area (Å²) in [5.41, 5.74) is 1.28. The highest BCUT2D eigenvalue weighted by Gasteiger charge is 2.20. The molecule has 2 aromatic rings. The van der Waals surface area contributed by atoms with Crippen molar-refractivity contribution >= 4 is 11.0 Å². The molecule has 4 heteroatoms. The van der Waals surface area contributed by atoms with Crippen LogP contribution in [0, 0.1) is 0 Å². The van der Waals surface area contributed by atoms with Crippen LogP contribution in [0.1, 0.15) is 11.7 Å². The van der Waals surface area contributed by atoms with E-state index in [1.54, 1.807) is 37.6 Å². The van der Waals surface area contributed by atoms with Gasteiger partial charge in [-0.2, -0.15) is 0 Å². The fourth-order valence-electron chi connectivity index (χ4n) is 1.72. The Morgan fingerprint density at radius 3 is 2.94 bits per heavy atom. The molecule has 2 N–H and O–H groups in total. The Balaban J connectivity index is 2.31. The summed E-state index contributed by atoms with van der Waals surface area (Å²) in [5, 5.41) is 12.6. The molecular formula is C12H14FNO2. The van der Waals surface area contributed by atoms with Crippen LogP contribution in [-0.4, -0.2) is 24.8 Å². The Hall–Kier alpha value is -1.39. The van der Waals surface area contributed by atoms with Crippen molar-refractivity contribution in [1.82, 2.24) is 5.32 Å². The number of hydrogen-bond acceptors (Lipinski definition) is 3. The summed E-state index contributed by atoms with van der Waals surface area (Å²) < 4.78 is 19.2. The van der Waals surface area contributed by atoms with Crippen LogP contribution >= 0.6 is 0 Å². The van der Waals surface area contributed by atoms with Gasteiger partial charge in [0.2, 0.25) is 0 Å². The van der Waals surface area contributed by atoms with Gasteiger partial charge in [0.15, 0.2) is 0 Å². The van der Waals surface area contributed by atoms with Gasteiger partial charge in [-0.05, 0) is 30.8 Å². The molecule has 0 bridgehead atoms. The maximum absolute atomic E-state index is 14.0. The average molecular weight is 223 g/mol. The Bertz CT molecular complexity index is 465. The fourth-order valence-corrected chi connectivity index (χ4v) is 1.72. The topological polar surface area (TPSA) is 45.4 Å². The third-order valence-corrected chi connectivity index (χ3v) is 2.72. The molecule has 0 fully saturated rings.